The lowest BCUT2D eigenvalue weighted by atomic mass is 10.0. The van der Waals surface area contributed by atoms with Crippen LogP contribution in [0.3, 0.4) is 0 Å². The molecular weight excluding hydrogens is 300 g/mol. The lowest BCUT2D eigenvalue weighted by Crippen LogP contribution is -2.15. The van der Waals surface area contributed by atoms with E-state index < -0.39 is 0 Å². The maximum Gasteiger partial charge on any atom is 0.268 e. The van der Waals surface area contributed by atoms with Crippen LogP contribution in [-0.4, -0.2) is 10.1 Å². The molecule has 0 amide bonds. The lowest BCUT2D eigenvalue weighted by Gasteiger charge is -2.23. The Hall–Kier alpha value is -2.33. The number of nitrogens with zero attached hydrogens (tertiary/aromatic N) is 2. The molecule has 1 atom stereocenters. The van der Waals surface area contributed by atoms with Crippen LogP contribution >= 0.6 is 11.6 Å². The molecule has 1 aromatic heterocycles. The van der Waals surface area contributed by atoms with Crippen molar-refractivity contribution in [3.05, 3.63) is 65.0 Å². The van der Waals surface area contributed by atoms with Crippen molar-refractivity contribution in [3.63, 3.8) is 0 Å². The summed E-state index contributed by atoms with van der Waals surface area (Å²) >= 11 is 5.89. The van der Waals surface area contributed by atoms with E-state index in [4.69, 9.17) is 20.9 Å². The fourth-order valence-electron chi connectivity index (χ4n) is 2.58. The van der Waals surface area contributed by atoms with Gasteiger partial charge in [-0.05, 0) is 48.7 Å². The molecule has 2 heterocycles. The summed E-state index contributed by atoms with van der Waals surface area (Å²) in [7, 11) is 0. The highest BCUT2D eigenvalue weighted by atomic mass is 35.5. The molecule has 0 unspecified atom stereocenters. The van der Waals surface area contributed by atoms with Crippen molar-refractivity contribution in [2.75, 3.05) is 0 Å². The fourth-order valence-corrected chi connectivity index (χ4v) is 2.71. The number of halogens is 1. The van der Waals surface area contributed by atoms with E-state index in [0.29, 0.717) is 16.7 Å². The topological polar surface area (TPSA) is 48.2 Å². The van der Waals surface area contributed by atoms with Gasteiger partial charge < -0.3 is 9.26 Å². The number of rotatable bonds is 2. The quantitative estimate of drug-likeness (QED) is 0.701. The van der Waals surface area contributed by atoms with E-state index >= 15 is 0 Å². The summed E-state index contributed by atoms with van der Waals surface area (Å²) in [6, 6.07) is 15.4. The van der Waals surface area contributed by atoms with E-state index in [1.54, 1.807) is 12.1 Å². The smallest absolute Gasteiger partial charge is 0.268 e. The number of hydrogen-bond donors (Lipinski definition) is 0. The second kappa shape index (κ2) is 5.46. The molecule has 0 saturated carbocycles. The van der Waals surface area contributed by atoms with Gasteiger partial charge in [0, 0.05) is 10.6 Å². The largest absolute Gasteiger partial charge is 0.480 e. The molecule has 5 heteroatoms. The predicted molar refractivity (Wildman–Crippen MR) is 82.9 cm³/mol. The third kappa shape index (κ3) is 2.46. The van der Waals surface area contributed by atoms with Crippen LogP contribution in [0.2, 0.25) is 5.02 Å². The van der Waals surface area contributed by atoms with Gasteiger partial charge in [0.1, 0.15) is 5.75 Å². The predicted octanol–water partition coefficient (Wildman–Crippen LogP) is 4.46. The van der Waals surface area contributed by atoms with Gasteiger partial charge in [0.2, 0.25) is 5.82 Å². The molecule has 0 N–H and O–H groups in total. The Bertz CT molecular complexity index is 798. The van der Waals surface area contributed by atoms with Crippen LogP contribution in [0.25, 0.3) is 11.4 Å². The molecule has 0 fully saturated rings. The fraction of sp³-hybridized carbons (Fsp3) is 0.176. The number of aryl methyl sites for hydroxylation is 1. The third-order valence-corrected chi connectivity index (χ3v) is 3.99. The first kappa shape index (κ1) is 13.3. The Morgan fingerprint density at radius 2 is 1.86 bits per heavy atom. The van der Waals surface area contributed by atoms with Gasteiger partial charge in [-0.25, -0.2) is 0 Å². The minimum atomic E-state index is -0.191. The number of benzene rings is 2. The molecule has 110 valence electrons. The normalized spacial score (nSPS) is 16.9. The van der Waals surface area contributed by atoms with E-state index in [9.17, 15) is 0 Å². The van der Waals surface area contributed by atoms with Crippen molar-refractivity contribution in [3.8, 4) is 17.1 Å². The Kier molecular flexibility index (Phi) is 3.31. The molecule has 0 aliphatic carbocycles. The van der Waals surface area contributed by atoms with Crippen LogP contribution in [0, 0.1) is 0 Å². The summed E-state index contributed by atoms with van der Waals surface area (Å²) in [5.41, 5.74) is 2.09. The lowest BCUT2D eigenvalue weighted by molar-refractivity contribution is 0.135. The van der Waals surface area contributed by atoms with Crippen LogP contribution in [0.1, 0.15) is 24.0 Å². The molecule has 0 radical (unpaired) electrons. The zero-order chi connectivity index (χ0) is 14.9. The number of hydrogen-bond acceptors (Lipinski definition) is 4. The van der Waals surface area contributed by atoms with Gasteiger partial charge in [-0.3, -0.25) is 0 Å². The van der Waals surface area contributed by atoms with Gasteiger partial charge in [0.15, 0.2) is 6.10 Å². The van der Waals surface area contributed by atoms with Gasteiger partial charge >= 0.3 is 0 Å². The number of aromatic nitrogens is 2. The highest BCUT2D eigenvalue weighted by Crippen LogP contribution is 2.34. The SMILES string of the molecule is Clc1ccc(-c2noc([C@H]3CCc4ccccc4O3)n2)cc1. The molecular formula is C17H13ClN2O2. The van der Waals surface area contributed by atoms with Crippen molar-refractivity contribution < 1.29 is 9.26 Å². The van der Waals surface area contributed by atoms with E-state index in [2.05, 4.69) is 16.2 Å². The number of para-hydroxylation sites is 1. The van der Waals surface area contributed by atoms with E-state index in [-0.39, 0.29) is 6.10 Å². The average Bonchev–Trinajstić information content (AvgIpc) is 3.05. The summed E-state index contributed by atoms with van der Waals surface area (Å²) in [6.07, 6.45) is 1.59. The summed E-state index contributed by atoms with van der Waals surface area (Å²) in [5.74, 6) is 1.96. The Labute approximate surface area is 132 Å². The van der Waals surface area contributed by atoms with Crippen molar-refractivity contribution in [1.29, 1.82) is 0 Å². The maximum absolute atomic E-state index is 5.97. The second-order valence-electron chi connectivity index (χ2n) is 5.22. The maximum atomic E-state index is 5.97. The minimum absolute atomic E-state index is 0.191. The second-order valence-corrected chi connectivity index (χ2v) is 5.65. The molecule has 22 heavy (non-hydrogen) atoms. The van der Waals surface area contributed by atoms with Crippen LogP contribution in [0.4, 0.5) is 0 Å². The minimum Gasteiger partial charge on any atom is -0.480 e. The highest BCUT2D eigenvalue weighted by Gasteiger charge is 2.26. The van der Waals surface area contributed by atoms with Gasteiger partial charge in [-0.2, -0.15) is 4.98 Å². The van der Waals surface area contributed by atoms with Crippen molar-refractivity contribution in [1.82, 2.24) is 10.1 Å². The van der Waals surface area contributed by atoms with Crippen LogP contribution in [-0.2, 0) is 6.42 Å². The highest BCUT2D eigenvalue weighted by molar-refractivity contribution is 6.30. The summed E-state index contributed by atoms with van der Waals surface area (Å²) in [4.78, 5) is 4.46. The molecule has 3 aromatic rings. The molecule has 1 aliphatic heterocycles. The van der Waals surface area contributed by atoms with Crippen molar-refractivity contribution in [2.24, 2.45) is 0 Å². The summed E-state index contributed by atoms with van der Waals surface area (Å²) in [5, 5.41) is 4.72. The van der Waals surface area contributed by atoms with Crippen LogP contribution < -0.4 is 4.74 Å². The van der Waals surface area contributed by atoms with Gasteiger partial charge in [-0.1, -0.05) is 35.0 Å². The van der Waals surface area contributed by atoms with Crippen molar-refractivity contribution >= 4 is 11.6 Å². The third-order valence-electron chi connectivity index (χ3n) is 3.74. The van der Waals surface area contributed by atoms with Crippen LogP contribution in [0.5, 0.6) is 5.75 Å². The van der Waals surface area contributed by atoms with Gasteiger partial charge in [-0.15, -0.1) is 0 Å². The summed E-state index contributed by atoms with van der Waals surface area (Å²) in [6.45, 7) is 0. The Morgan fingerprint density at radius 1 is 1.05 bits per heavy atom. The number of fused-ring (bicyclic) bond motifs is 1. The van der Waals surface area contributed by atoms with Gasteiger partial charge in [0.25, 0.3) is 5.89 Å². The molecule has 0 saturated heterocycles. The molecule has 1 aliphatic rings. The monoisotopic (exact) mass is 312 g/mol. The first-order valence-electron chi connectivity index (χ1n) is 7.14. The molecule has 2 aromatic carbocycles. The van der Waals surface area contributed by atoms with Crippen molar-refractivity contribution in [2.45, 2.75) is 18.9 Å². The van der Waals surface area contributed by atoms with E-state index in [1.165, 1.54) is 5.56 Å². The number of ether oxygens (including phenoxy) is 1. The van der Waals surface area contributed by atoms with E-state index in [1.807, 2.05) is 30.3 Å². The first-order chi connectivity index (χ1) is 10.8. The summed E-state index contributed by atoms with van der Waals surface area (Å²) < 4.78 is 11.4. The van der Waals surface area contributed by atoms with E-state index in [0.717, 1.165) is 24.2 Å². The molecule has 0 bridgehead atoms. The molecule has 4 nitrogen and oxygen atoms in total. The zero-order valence-corrected chi connectivity index (χ0v) is 12.5. The van der Waals surface area contributed by atoms with Gasteiger partial charge in [0.05, 0.1) is 0 Å². The Morgan fingerprint density at radius 3 is 2.73 bits per heavy atom. The standard InChI is InChI=1S/C17H13ClN2O2/c18-13-8-5-12(6-9-13)16-19-17(22-20-16)15-10-7-11-3-1-2-4-14(11)21-15/h1-6,8-9,15H,7,10H2/t15-/m1/s1. The zero-order valence-electron chi connectivity index (χ0n) is 11.7. The first-order valence-corrected chi connectivity index (χ1v) is 7.51. The average molecular weight is 313 g/mol. The van der Waals surface area contributed by atoms with Crippen LogP contribution in [0.15, 0.2) is 53.1 Å². The Balaban J connectivity index is 1.59. The molecule has 0 spiro atoms. The molecule has 4 rings (SSSR count).